The first-order valence-electron chi connectivity index (χ1n) is 33.3. The molecule has 7 atom stereocenters. The number of ether oxygens (including phenoxy) is 3. The van der Waals surface area contributed by atoms with Gasteiger partial charge in [-0.25, -0.2) is 0 Å². The van der Waals surface area contributed by atoms with Gasteiger partial charge in [0.15, 0.2) is 6.29 Å². The molecule has 1 saturated heterocycles. The maximum Gasteiger partial charge on any atom is 0.305 e. The Morgan fingerprint density at radius 2 is 0.885 bits per heavy atom. The maximum absolute atomic E-state index is 13.0. The number of aliphatic hydroxyl groups is 5. The standard InChI is InChI=1S/C67H125NO10/c1-3-5-7-9-11-13-14-31-35-39-43-47-51-55-63(72)76-56-52-48-44-40-36-33-30-28-26-24-22-20-18-16-15-17-19-21-23-25-27-29-32-34-38-42-46-50-54-62(71)68-59(60(70)53-49-45-41-37-12-10-8-6-4-2)58-77-67-66(75)65(74)64(73)61(57-69)78-67/h7,9,13-14,49,53,59-61,64-67,69-70,73-75H,3-6,8,10-12,15-48,50-52,54-58H2,1-2H3,(H,68,71)/b9-7-,14-13-,53-49+. The highest BCUT2D eigenvalue weighted by atomic mass is 16.7. The van der Waals surface area contributed by atoms with Crippen LogP contribution in [0.25, 0.3) is 0 Å². The van der Waals surface area contributed by atoms with Gasteiger partial charge in [-0.3, -0.25) is 9.59 Å². The Bertz CT molecular complexity index is 1390. The highest BCUT2D eigenvalue weighted by molar-refractivity contribution is 5.76. The lowest BCUT2D eigenvalue weighted by molar-refractivity contribution is -0.302. The van der Waals surface area contributed by atoms with Crippen LogP contribution in [0, 0.1) is 0 Å². The lowest BCUT2D eigenvalue weighted by Gasteiger charge is -2.40. The second-order valence-corrected chi connectivity index (χ2v) is 23.2. The molecule has 0 saturated carbocycles. The molecule has 0 aromatic rings. The lowest BCUT2D eigenvalue weighted by Crippen LogP contribution is -2.60. The van der Waals surface area contributed by atoms with E-state index in [1.165, 1.54) is 225 Å². The van der Waals surface area contributed by atoms with E-state index in [0.29, 0.717) is 19.4 Å². The Morgan fingerprint density at radius 1 is 0.474 bits per heavy atom. The van der Waals surface area contributed by atoms with Gasteiger partial charge in [0.25, 0.3) is 0 Å². The van der Waals surface area contributed by atoms with Crippen LogP contribution in [0.1, 0.15) is 316 Å². The number of hydrogen-bond acceptors (Lipinski definition) is 10. The van der Waals surface area contributed by atoms with Crippen molar-refractivity contribution in [3.8, 4) is 0 Å². The summed E-state index contributed by atoms with van der Waals surface area (Å²) in [5.74, 6) is -0.186. The van der Waals surface area contributed by atoms with E-state index in [-0.39, 0.29) is 18.5 Å². The summed E-state index contributed by atoms with van der Waals surface area (Å²) in [5.41, 5.74) is 0. The zero-order valence-electron chi connectivity index (χ0n) is 50.6. The summed E-state index contributed by atoms with van der Waals surface area (Å²) in [6.45, 7) is 4.27. The first-order valence-corrected chi connectivity index (χ1v) is 33.3. The molecule has 6 N–H and O–H groups in total. The van der Waals surface area contributed by atoms with Crippen LogP contribution in [0.3, 0.4) is 0 Å². The van der Waals surface area contributed by atoms with Gasteiger partial charge in [0.05, 0.1) is 32.0 Å². The molecule has 1 fully saturated rings. The third-order valence-corrected chi connectivity index (χ3v) is 15.7. The third-order valence-electron chi connectivity index (χ3n) is 15.7. The molecule has 7 unspecified atom stereocenters. The van der Waals surface area contributed by atoms with Gasteiger partial charge in [-0.1, -0.05) is 281 Å². The average molecular weight is 1100 g/mol. The van der Waals surface area contributed by atoms with Gasteiger partial charge in [0.1, 0.15) is 24.4 Å². The molecule has 0 spiro atoms. The number of esters is 1. The van der Waals surface area contributed by atoms with Crippen molar-refractivity contribution < 1.29 is 49.3 Å². The van der Waals surface area contributed by atoms with Gasteiger partial charge < -0.3 is 45.1 Å². The van der Waals surface area contributed by atoms with Crippen molar-refractivity contribution in [3.63, 3.8) is 0 Å². The van der Waals surface area contributed by atoms with E-state index in [0.717, 1.165) is 64.2 Å². The second kappa shape index (κ2) is 56.7. The number of rotatable bonds is 58. The number of aliphatic hydroxyl groups excluding tert-OH is 5. The predicted molar refractivity (Wildman–Crippen MR) is 324 cm³/mol. The minimum atomic E-state index is -1.57. The van der Waals surface area contributed by atoms with Crippen molar-refractivity contribution in [2.24, 2.45) is 0 Å². The Hall–Kier alpha value is -2.12. The highest BCUT2D eigenvalue weighted by Crippen LogP contribution is 2.23. The van der Waals surface area contributed by atoms with Crippen LogP contribution in [0.15, 0.2) is 36.5 Å². The molecule has 0 aliphatic carbocycles. The quantitative estimate of drug-likeness (QED) is 0.0195. The molecule has 78 heavy (non-hydrogen) atoms. The Kier molecular flexibility index (Phi) is 53.7. The molecule has 11 nitrogen and oxygen atoms in total. The number of carbonyl (C=O) groups excluding carboxylic acids is 2. The normalized spacial score (nSPS) is 18.7. The molecule has 1 aliphatic heterocycles. The fraction of sp³-hybridized carbons (Fsp3) is 0.881. The summed E-state index contributed by atoms with van der Waals surface area (Å²) < 4.78 is 16.7. The van der Waals surface area contributed by atoms with Crippen molar-refractivity contribution >= 4 is 11.9 Å². The smallest absolute Gasteiger partial charge is 0.305 e. The van der Waals surface area contributed by atoms with E-state index >= 15 is 0 Å². The van der Waals surface area contributed by atoms with Gasteiger partial charge in [0, 0.05) is 12.8 Å². The van der Waals surface area contributed by atoms with Crippen molar-refractivity contribution in [2.45, 2.75) is 358 Å². The summed E-state index contributed by atoms with van der Waals surface area (Å²) in [6, 6.07) is -0.806. The van der Waals surface area contributed by atoms with Crippen LogP contribution >= 0.6 is 0 Å². The SMILES string of the molecule is CCC/C=C\C/C=C\CCCCCCCC(=O)OCCCCCCCCCCCCCCCCCCCCCCCCCCCCCCC(=O)NC(COC1OC(CO)C(O)C(O)C1O)C(O)/C=C/CCCCCCCCC. The van der Waals surface area contributed by atoms with Crippen molar-refractivity contribution in [2.75, 3.05) is 19.8 Å². The van der Waals surface area contributed by atoms with Gasteiger partial charge in [0.2, 0.25) is 5.91 Å². The summed E-state index contributed by atoms with van der Waals surface area (Å²) in [4.78, 5) is 25.0. The highest BCUT2D eigenvalue weighted by Gasteiger charge is 2.44. The number of carbonyl (C=O) groups is 2. The van der Waals surface area contributed by atoms with Crippen molar-refractivity contribution in [3.05, 3.63) is 36.5 Å². The first kappa shape index (κ1) is 73.9. The number of unbranched alkanes of at least 4 members (excludes halogenated alkanes) is 40. The largest absolute Gasteiger partial charge is 0.466 e. The first-order chi connectivity index (χ1) is 38.2. The molecular weight excluding hydrogens is 979 g/mol. The minimum absolute atomic E-state index is 0.00577. The van der Waals surface area contributed by atoms with Crippen molar-refractivity contribution in [1.82, 2.24) is 5.32 Å². The van der Waals surface area contributed by atoms with E-state index in [4.69, 9.17) is 14.2 Å². The number of amides is 1. The summed E-state index contributed by atoms with van der Waals surface area (Å²) in [6.07, 6.45) is 61.4. The monoisotopic (exact) mass is 1100 g/mol. The molecular formula is C67H125NO10. The second-order valence-electron chi connectivity index (χ2n) is 23.2. The van der Waals surface area contributed by atoms with Crippen LogP contribution in [-0.2, 0) is 23.8 Å². The molecule has 0 aromatic heterocycles. The fourth-order valence-corrected chi connectivity index (χ4v) is 10.5. The van der Waals surface area contributed by atoms with Crippen LogP contribution in [0.5, 0.6) is 0 Å². The van der Waals surface area contributed by atoms with Gasteiger partial charge in [-0.2, -0.15) is 0 Å². The topological polar surface area (TPSA) is 175 Å². The van der Waals surface area contributed by atoms with Gasteiger partial charge in [-0.15, -0.1) is 0 Å². The summed E-state index contributed by atoms with van der Waals surface area (Å²) in [7, 11) is 0. The summed E-state index contributed by atoms with van der Waals surface area (Å²) >= 11 is 0. The molecule has 0 aromatic carbocycles. The molecule has 0 radical (unpaired) electrons. The average Bonchev–Trinajstić information content (AvgIpc) is 3.45. The molecule has 458 valence electrons. The fourth-order valence-electron chi connectivity index (χ4n) is 10.5. The maximum atomic E-state index is 13.0. The van der Waals surface area contributed by atoms with Crippen LogP contribution in [-0.4, -0.2) is 100 Å². The molecule has 11 heteroatoms. The number of hydrogen-bond donors (Lipinski definition) is 6. The Morgan fingerprint density at radius 3 is 1.35 bits per heavy atom. The third kappa shape index (κ3) is 45.5. The Labute approximate surface area is 479 Å². The van der Waals surface area contributed by atoms with Gasteiger partial charge in [-0.05, 0) is 57.8 Å². The van der Waals surface area contributed by atoms with E-state index in [1.807, 2.05) is 6.08 Å². The van der Waals surface area contributed by atoms with E-state index < -0.39 is 49.5 Å². The molecule has 1 rings (SSSR count). The predicted octanol–water partition coefficient (Wildman–Crippen LogP) is 16.2. The molecule has 1 amide bonds. The number of allylic oxidation sites excluding steroid dienone is 5. The van der Waals surface area contributed by atoms with Crippen LogP contribution in [0.2, 0.25) is 0 Å². The lowest BCUT2D eigenvalue weighted by atomic mass is 9.99. The molecule has 1 aliphatic rings. The number of nitrogens with one attached hydrogen (secondary N) is 1. The van der Waals surface area contributed by atoms with Crippen LogP contribution in [0.4, 0.5) is 0 Å². The summed E-state index contributed by atoms with van der Waals surface area (Å²) in [5, 5.41) is 54.3. The molecule has 0 bridgehead atoms. The minimum Gasteiger partial charge on any atom is -0.466 e. The van der Waals surface area contributed by atoms with E-state index in [9.17, 15) is 35.1 Å². The van der Waals surface area contributed by atoms with E-state index in [1.54, 1.807) is 6.08 Å². The van der Waals surface area contributed by atoms with Gasteiger partial charge >= 0.3 is 5.97 Å². The zero-order chi connectivity index (χ0) is 56.6. The zero-order valence-corrected chi connectivity index (χ0v) is 50.6. The van der Waals surface area contributed by atoms with Crippen molar-refractivity contribution in [1.29, 1.82) is 0 Å². The molecule has 1 heterocycles. The van der Waals surface area contributed by atoms with Crippen LogP contribution < -0.4 is 5.32 Å². The van der Waals surface area contributed by atoms with E-state index in [2.05, 4.69) is 43.5 Å². The Balaban J connectivity index is 1.93.